The average Bonchev–Trinajstić information content (AvgIpc) is 3.16. The van der Waals surface area contributed by atoms with Gasteiger partial charge in [-0.2, -0.15) is 0 Å². The van der Waals surface area contributed by atoms with E-state index in [1.807, 2.05) is 11.3 Å². The number of ether oxygens (including phenoxy) is 1. The van der Waals surface area contributed by atoms with Gasteiger partial charge in [0.2, 0.25) is 5.91 Å². The Morgan fingerprint density at radius 3 is 2.54 bits per heavy atom. The van der Waals surface area contributed by atoms with Gasteiger partial charge in [0.1, 0.15) is 0 Å². The number of rotatable bonds is 3. The summed E-state index contributed by atoms with van der Waals surface area (Å²) in [7, 11) is 4.01. The SMILES string of the molecule is COC1CCC(C(=O)N2CCc3ccsc3C2C2CCN(C)CC2)CC1. The number of nitrogens with zero attached hydrogens (tertiary/aromatic N) is 2. The molecule has 26 heavy (non-hydrogen) atoms. The van der Waals surface area contributed by atoms with Crippen molar-refractivity contribution in [2.45, 2.75) is 57.1 Å². The van der Waals surface area contributed by atoms with Gasteiger partial charge in [-0.1, -0.05) is 0 Å². The molecule has 2 fully saturated rings. The first-order valence-electron chi connectivity index (χ1n) is 10.3. The summed E-state index contributed by atoms with van der Waals surface area (Å²) in [6.07, 6.45) is 7.84. The first kappa shape index (κ1) is 18.5. The highest BCUT2D eigenvalue weighted by Gasteiger charge is 2.40. The maximum absolute atomic E-state index is 13.5. The van der Waals surface area contributed by atoms with Crippen molar-refractivity contribution in [3.05, 3.63) is 21.9 Å². The molecule has 3 aliphatic rings. The van der Waals surface area contributed by atoms with Crippen LogP contribution in [0.2, 0.25) is 0 Å². The summed E-state index contributed by atoms with van der Waals surface area (Å²) < 4.78 is 5.50. The molecule has 4 nitrogen and oxygen atoms in total. The number of thiophene rings is 1. The highest BCUT2D eigenvalue weighted by molar-refractivity contribution is 7.10. The number of likely N-dealkylation sites (tertiary alicyclic amines) is 1. The number of piperidine rings is 1. The van der Waals surface area contributed by atoms with Gasteiger partial charge in [0, 0.05) is 24.4 Å². The number of carbonyl (C=O) groups excluding carboxylic acids is 1. The number of hydrogen-bond acceptors (Lipinski definition) is 4. The standard InChI is InChI=1S/C21H32N2O2S/c1-22-11-7-15(8-12-22)19-20-16(10-14-26-20)9-13-23(19)21(24)17-3-5-18(25-2)6-4-17/h10,14-15,17-19H,3-9,11-13H2,1-2H3. The molecule has 1 amide bonds. The van der Waals surface area contributed by atoms with E-state index in [0.717, 1.165) is 51.7 Å². The van der Waals surface area contributed by atoms with Crippen LogP contribution < -0.4 is 0 Å². The van der Waals surface area contributed by atoms with Crippen molar-refractivity contribution in [3.8, 4) is 0 Å². The molecule has 0 radical (unpaired) electrons. The Hall–Kier alpha value is -0.910. The first-order chi connectivity index (χ1) is 12.7. The van der Waals surface area contributed by atoms with Gasteiger partial charge >= 0.3 is 0 Å². The molecule has 144 valence electrons. The first-order valence-corrected chi connectivity index (χ1v) is 11.1. The lowest BCUT2D eigenvalue weighted by molar-refractivity contribution is -0.142. The van der Waals surface area contributed by atoms with Gasteiger partial charge in [-0.3, -0.25) is 4.79 Å². The fourth-order valence-corrected chi connectivity index (χ4v) is 6.33. The summed E-state index contributed by atoms with van der Waals surface area (Å²) >= 11 is 1.87. The third-order valence-corrected chi connectivity index (χ3v) is 7.89. The monoisotopic (exact) mass is 376 g/mol. The normalized spacial score (nSPS) is 31.0. The van der Waals surface area contributed by atoms with Gasteiger partial charge in [-0.15, -0.1) is 11.3 Å². The molecule has 2 aliphatic heterocycles. The van der Waals surface area contributed by atoms with E-state index in [-0.39, 0.29) is 5.92 Å². The summed E-state index contributed by atoms with van der Waals surface area (Å²) in [5.41, 5.74) is 1.49. The minimum Gasteiger partial charge on any atom is -0.381 e. The zero-order valence-corrected chi connectivity index (χ0v) is 17.0. The third kappa shape index (κ3) is 3.58. The number of hydrogen-bond donors (Lipinski definition) is 0. The fraction of sp³-hybridized carbons (Fsp3) is 0.762. The van der Waals surface area contributed by atoms with Gasteiger partial charge in [0.15, 0.2) is 0 Å². The van der Waals surface area contributed by atoms with Crippen molar-refractivity contribution >= 4 is 17.2 Å². The Labute approximate surface area is 161 Å². The van der Waals surface area contributed by atoms with Crippen molar-refractivity contribution in [2.24, 2.45) is 11.8 Å². The number of fused-ring (bicyclic) bond motifs is 1. The van der Waals surface area contributed by atoms with Crippen molar-refractivity contribution in [1.29, 1.82) is 0 Å². The highest BCUT2D eigenvalue weighted by Crippen LogP contribution is 2.43. The summed E-state index contributed by atoms with van der Waals surface area (Å²) in [5, 5.41) is 2.23. The van der Waals surface area contributed by atoms with Gasteiger partial charge in [-0.25, -0.2) is 0 Å². The number of carbonyl (C=O) groups is 1. The zero-order valence-electron chi connectivity index (χ0n) is 16.2. The molecule has 1 saturated carbocycles. The smallest absolute Gasteiger partial charge is 0.226 e. The average molecular weight is 377 g/mol. The van der Waals surface area contributed by atoms with Crippen LogP contribution in [0.15, 0.2) is 11.4 Å². The Morgan fingerprint density at radius 2 is 1.85 bits per heavy atom. The Bertz CT molecular complexity index is 615. The topological polar surface area (TPSA) is 32.8 Å². The minimum atomic E-state index is 0.205. The summed E-state index contributed by atoms with van der Waals surface area (Å²) in [5.74, 6) is 1.24. The van der Waals surface area contributed by atoms with Crippen LogP contribution in [0.25, 0.3) is 0 Å². The van der Waals surface area contributed by atoms with Gasteiger partial charge < -0.3 is 14.5 Å². The molecular formula is C21H32N2O2S. The molecule has 1 saturated heterocycles. The van der Waals surface area contributed by atoms with Gasteiger partial charge in [0.05, 0.1) is 12.1 Å². The van der Waals surface area contributed by atoms with E-state index in [0.29, 0.717) is 24.0 Å². The third-order valence-electron chi connectivity index (χ3n) is 6.86. The summed E-state index contributed by atoms with van der Waals surface area (Å²) in [6, 6.07) is 2.60. The minimum absolute atomic E-state index is 0.205. The molecule has 0 aromatic carbocycles. The molecule has 0 spiro atoms. The van der Waals surface area contributed by atoms with Crippen LogP contribution in [0.3, 0.4) is 0 Å². The van der Waals surface area contributed by atoms with Crippen LogP contribution in [0.4, 0.5) is 0 Å². The predicted molar refractivity (Wildman–Crippen MR) is 105 cm³/mol. The fourth-order valence-electron chi connectivity index (χ4n) is 5.18. The molecule has 1 unspecified atom stereocenters. The van der Waals surface area contributed by atoms with E-state index >= 15 is 0 Å². The lowest BCUT2D eigenvalue weighted by atomic mass is 9.81. The number of amides is 1. The van der Waals surface area contributed by atoms with E-state index in [4.69, 9.17) is 4.74 Å². The second-order valence-electron chi connectivity index (χ2n) is 8.39. The van der Waals surface area contributed by atoms with Crippen LogP contribution in [0.5, 0.6) is 0 Å². The Morgan fingerprint density at radius 1 is 1.12 bits per heavy atom. The molecule has 3 heterocycles. The maximum atomic E-state index is 13.5. The van der Waals surface area contributed by atoms with Crippen LogP contribution in [0.1, 0.15) is 55.0 Å². The van der Waals surface area contributed by atoms with Gasteiger partial charge in [-0.05, 0) is 88.0 Å². The molecule has 5 heteroatoms. The molecule has 1 aromatic heterocycles. The quantitative estimate of drug-likeness (QED) is 0.806. The van der Waals surface area contributed by atoms with Crippen molar-refractivity contribution in [1.82, 2.24) is 9.80 Å². The lowest BCUT2D eigenvalue weighted by Crippen LogP contribution is -2.48. The second-order valence-corrected chi connectivity index (χ2v) is 9.33. The van der Waals surface area contributed by atoms with Crippen LogP contribution in [-0.4, -0.2) is 55.6 Å². The Balaban J connectivity index is 1.53. The highest BCUT2D eigenvalue weighted by atomic mass is 32.1. The van der Waals surface area contributed by atoms with Crippen molar-refractivity contribution < 1.29 is 9.53 Å². The van der Waals surface area contributed by atoms with Gasteiger partial charge in [0.25, 0.3) is 0 Å². The molecule has 4 rings (SSSR count). The molecule has 1 atom stereocenters. The predicted octanol–water partition coefficient (Wildman–Crippen LogP) is 3.72. The molecule has 1 aliphatic carbocycles. The largest absolute Gasteiger partial charge is 0.381 e. The van der Waals surface area contributed by atoms with Crippen LogP contribution >= 0.6 is 11.3 Å². The van der Waals surface area contributed by atoms with Crippen molar-refractivity contribution in [3.63, 3.8) is 0 Å². The second kappa shape index (κ2) is 7.99. The van der Waals surface area contributed by atoms with E-state index in [9.17, 15) is 4.79 Å². The van der Waals surface area contributed by atoms with E-state index in [1.54, 1.807) is 7.11 Å². The summed E-state index contributed by atoms with van der Waals surface area (Å²) in [4.78, 5) is 19.7. The Kier molecular flexibility index (Phi) is 5.67. The number of methoxy groups -OCH3 is 1. The molecule has 1 aromatic rings. The molecular weight excluding hydrogens is 344 g/mol. The van der Waals surface area contributed by atoms with E-state index in [1.165, 1.54) is 23.3 Å². The van der Waals surface area contributed by atoms with E-state index < -0.39 is 0 Å². The molecule has 0 N–H and O–H groups in total. The zero-order chi connectivity index (χ0) is 18.1. The van der Waals surface area contributed by atoms with Crippen LogP contribution in [-0.2, 0) is 16.0 Å². The lowest BCUT2D eigenvalue weighted by Gasteiger charge is -2.44. The summed E-state index contributed by atoms with van der Waals surface area (Å²) in [6.45, 7) is 3.22. The van der Waals surface area contributed by atoms with Crippen LogP contribution in [0, 0.1) is 11.8 Å². The van der Waals surface area contributed by atoms with Crippen molar-refractivity contribution in [2.75, 3.05) is 33.8 Å². The maximum Gasteiger partial charge on any atom is 0.226 e. The van der Waals surface area contributed by atoms with E-state index in [2.05, 4.69) is 28.3 Å². The molecule has 0 bridgehead atoms.